The van der Waals surface area contributed by atoms with Gasteiger partial charge in [-0.3, -0.25) is 9.59 Å². The normalized spacial score (nSPS) is 11.3. The number of amides is 2. The lowest BCUT2D eigenvalue weighted by molar-refractivity contribution is -0.151. The summed E-state index contributed by atoms with van der Waals surface area (Å²) >= 11 is 1.50. The zero-order chi connectivity index (χ0) is 21.4. The van der Waals surface area contributed by atoms with Crippen LogP contribution < -0.4 is 5.32 Å². The monoisotopic (exact) mass is 418 g/mol. The number of nitrogens with one attached hydrogen (secondary N) is 1. The molecular weight excluding hydrogens is 395 g/mol. The van der Waals surface area contributed by atoms with Gasteiger partial charge in [-0.2, -0.15) is 11.3 Å². The summed E-state index contributed by atoms with van der Waals surface area (Å²) in [6, 6.07) is 7.16. The Hall–Kier alpha value is -3.00. The summed E-state index contributed by atoms with van der Waals surface area (Å²) in [5, 5.41) is 6.36. The SMILES string of the molecule is CC(C)(C)N(CC(=O)Nc1ccc(F)cc1)C(=O)COC(=O)/C=C/c1ccsc1. The highest BCUT2D eigenvalue weighted by Gasteiger charge is 2.29. The minimum absolute atomic E-state index is 0.234. The molecular formula is C21H23FN2O4S. The first kappa shape index (κ1) is 22.3. The summed E-state index contributed by atoms with van der Waals surface area (Å²) in [6.45, 7) is 4.60. The molecule has 2 rings (SSSR count). The number of esters is 1. The van der Waals surface area contributed by atoms with Crippen LogP contribution in [0.1, 0.15) is 26.3 Å². The number of nitrogens with zero attached hydrogens (tertiary/aromatic N) is 1. The summed E-state index contributed by atoms with van der Waals surface area (Å²) in [7, 11) is 0. The van der Waals surface area contributed by atoms with Crippen molar-refractivity contribution in [3.63, 3.8) is 0 Å². The van der Waals surface area contributed by atoms with Gasteiger partial charge in [-0.15, -0.1) is 0 Å². The number of benzene rings is 1. The Morgan fingerprint density at radius 3 is 2.45 bits per heavy atom. The fraction of sp³-hybridized carbons (Fsp3) is 0.286. The molecule has 29 heavy (non-hydrogen) atoms. The van der Waals surface area contributed by atoms with Gasteiger partial charge in [0.15, 0.2) is 6.61 Å². The Bertz CT molecular complexity index is 871. The highest BCUT2D eigenvalue weighted by Crippen LogP contribution is 2.15. The van der Waals surface area contributed by atoms with E-state index in [4.69, 9.17) is 4.74 Å². The van der Waals surface area contributed by atoms with E-state index < -0.39 is 35.7 Å². The van der Waals surface area contributed by atoms with Crippen molar-refractivity contribution < 1.29 is 23.5 Å². The second-order valence-corrected chi connectivity index (χ2v) is 7.98. The molecule has 0 aliphatic rings. The smallest absolute Gasteiger partial charge is 0.331 e. The number of carbonyl (C=O) groups excluding carboxylic acids is 3. The number of anilines is 1. The maximum absolute atomic E-state index is 13.0. The highest BCUT2D eigenvalue weighted by molar-refractivity contribution is 7.08. The maximum Gasteiger partial charge on any atom is 0.331 e. The van der Waals surface area contributed by atoms with Gasteiger partial charge in [0.2, 0.25) is 5.91 Å². The summed E-state index contributed by atoms with van der Waals surface area (Å²) < 4.78 is 18.0. The van der Waals surface area contributed by atoms with E-state index in [1.807, 2.05) is 16.8 Å². The number of ether oxygens (including phenoxy) is 1. The molecule has 0 unspecified atom stereocenters. The summed E-state index contributed by atoms with van der Waals surface area (Å²) in [4.78, 5) is 38.0. The van der Waals surface area contributed by atoms with Gasteiger partial charge in [0.25, 0.3) is 5.91 Å². The van der Waals surface area contributed by atoms with Crippen LogP contribution in [-0.2, 0) is 19.1 Å². The molecule has 8 heteroatoms. The maximum atomic E-state index is 13.0. The molecule has 1 N–H and O–H groups in total. The predicted molar refractivity (Wildman–Crippen MR) is 111 cm³/mol. The van der Waals surface area contributed by atoms with E-state index in [1.54, 1.807) is 26.8 Å². The fourth-order valence-corrected chi connectivity index (χ4v) is 3.00. The Kier molecular flexibility index (Phi) is 7.67. The van der Waals surface area contributed by atoms with Gasteiger partial charge in [-0.25, -0.2) is 9.18 Å². The quantitative estimate of drug-likeness (QED) is 0.549. The van der Waals surface area contributed by atoms with E-state index in [9.17, 15) is 18.8 Å². The van der Waals surface area contributed by atoms with Gasteiger partial charge in [-0.1, -0.05) is 0 Å². The van der Waals surface area contributed by atoms with Gasteiger partial charge >= 0.3 is 5.97 Å². The standard InChI is InChI=1S/C21H23FN2O4S/c1-21(2,3)24(12-18(25)23-17-7-5-16(22)6-8-17)19(26)13-28-20(27)9-4-15-10-11-29-14-15/h4-11,14H,12-13H2,1-3H3,(H,23,25)/b9-4+. The lowest BCUT2D eigenvalue weighted by Gasteiger charge is -2.35. The first-order chi connectivity index (χ1) is 13.6. The molecule has 6 nitrogen and oxygen atoms in total. The summed E-state index contributed by atoms with van der Waals surface area (Å²) in [6.07, 6.45) is 2.85. The first-order valence-electron chi connectivity index (χ1n) is 8.88. The summed E-state index contributed by atoms with van der Waals surface area (Å²) in [5.74, 6) is -1.99. The van der Waals surface area contributed by atoms with Crippen LogP contribution in [0, 0.1) is 5.82 Å². The molecule has 0 bridgehead atoms. The van der Waals surface area contributed by atoms with Gasteiger partial charge in [0.1, 0.15) is 12.4 Å². The van der Waals surface area contributed by atoms with Crippen LogP contribution >= 0.6 is 11.3 Å². The van der Waals surface area contributed by atoms with Crippen molar-refractivity contribution in [1.82, 2.24) is 4.90 Å². The predicted octanol–water partition coefficient (Wildman–Crippen LogP) is 3.71. The number of thiophene rings is 1. The average Bonchev–Trinajstić information content (AvgIpc) is 3.17. The zero-order valence-electron chi connectivity index (χ0n) is 16.5. The van der Waals surface area contributed by atoms with Crippen LogP contribution in [-0.4, -0.2) is 41.4 Å². The molecule has 1 aromatic heterocycles. The van der Waals surface area contributed by atoms with Crippen molar-refractivity contribution in [2.75, 3.05) is 18.5 Å². The Balaban J connectivity index is 1.92. The van der Waals surface area contributed by atoms with Crippen molar-refractivity contribution in [2.24, 2.45) is 0 Å². The molecule has 0 aliphatic heterocycles. The van der Waals surface area contributed by atoms with E-state index in [2.05, 4.69) is 5.32 Å². The lowest BCUT2D eigenvalue weighted by atomic mass is 10.1. The van der Waals surface area contributed by atoms with Crippen molar-refractivity contribution >= 4 is 40.9 Å². The molecule has 0 radical (unpaired) electrons. The van der Waals surface area contributed by atoms with E-state index in [0.29, 0.717) is 5.69 Å². The number of hydrogen-bond acceptors (Lipinski definition) is 5. The van der Waals surface area contributed by atoms with Gasteiger partial charge in [-0.05, 0) is 73.5 Å². The first-order valence-corrected chi connectivity index (χ1v) is 9.82. The third-order valence-electron chi connectivity index (χ3n) is 3.83. The van der Waals surface area contributed by atoms with E-state index >= 15 is 0 Å². The van der Waals surface area contributed by atoms with Gasteiger partial charge < -0.3 is 15.0 Å². The van der Waals surface area contributed by atoms with Crippen molar-refractivity contribution in [1.29, 1.82) is 0 Å². The minimum Gasteiger partial charge on any atom is -0.452 e. The van der Waals surface area contributed by atoms with E-state index in [1.165, 1.54) is 46.6 Å². The largest absolute Gasteiger partial charge is 0.452 e. The molecule has 1 heterocycles. The molecule has 2 aromatic rings. The second-order valence-electron chi connectivity index (χ2n) is 7.20. The van der Waals surface area contributed by atoms with Crippen LogP contribution in [0.5, 0.6) is 0 Å². The van der Waals surface area contributed by atoms with Crippen molar-refractivity contribution in [2.45, 2.75) is 26.3 Å². The van der Waals surface area contributed by atoms with E-state index in [0.717, 1.165) is 5.56 Å². The topological polar surface area (TPSA) is 75.7 Å². The average molecular weight is 418 g/mol. The molecule has 154 valence electrons. The molecule has 1 aromatic carbocycles. The number of rotatable bonds is 7. The zero-order valence-corrected chi connectivity index (χ0v) is 17.3. The number of carbonyl (C=O) groups is 3. The molecule has 0 saturated carbocycles. The third kappa shape index (κ3) is 7.50. The second kappa shape index (κ2) is 9.97. The Labute approximate surface area is 173 Å². The Morgan fingerprint density at radius 2 is 1.86 bits per heavy atom. The fourth-order valence-electron chi connectivity index (χ4n) is 2.37. The molecule has 0 saturated heterocycles. The number of halogens is 1. The molecule has 0 atom stereocenters. The number of hydrogen-bond donors (Lipinski definition) is 1. The molecule has 0 fully saturated rings. The van der Waals surface area contributed by atoms with Crippen molar-refractivity contribution in [3.05, 3.63) is 58.5 Å². The Morgan fingerprint density at radius 1 is 1.17 bits per heavy atom. The van der Waals surface area contributed by atoms with Crippen LogP contribution in [0.4, 0.5) is 10.1 Å². The molecule has 2 amide bonds. The summed E-state index contributed by atoms with van der Waals surface area (Å²) in [5.41, 5.74) is 0.616. The van der Waals surface area contributed by atoms with E-state index in [-0.39, 0.29) is 6.54 Å². The van der Waals surface area contributed by atoms with Gasteiger partial charge in [0, 0.05) is 17.3 Å². The van der Waals surface area contributed by atoms with Crippen LogP contribution in [0.25, 0.3) is 6.08 Å². The lowest BCUT2D eigenvalue weighted by Crippen LogP contribution is -2.50. The van der Waals surface area contributed by atoms with Crippen LogP contribution in [0.15, 0.2) is 47.2 Å². The minimum atomic E-state index is -0.670. The van der Waals surface area contributed by atoms with Crippen molar-refractivity contribution in [3.8, 4) is 0 Å². The van der Waals surface area contributed by atoms with Crippen LogP contribution in [0.3, 0.4) is 0 Å². The molecule has 0 spiro atoms. The van der Waals surface area contributed by atoms with Crippen LogP contribution in [0.2, 0.25) is 0 Å². The third-order valence-corrected chi connectivity index (χ3v) is 4.53. The highest BCUT2D eigenvalue weighted by atomic mass is 32.1. The van der Waals surface area contributed by atoms with Gasteiger partial charge in [0.05, 0.1) is 0 Å². The molecule has 0 aliphatic carbocycles.